The lowest BCUT2D eigenvalue weighted by molar-refractivity contribution is 1.07. The molecule has 70 heavy (non-hydrogen) atoms. The summed E-state index contributed by atoms with van der Waals surface area (Å²) < 4.78 is 2.40. The maximum absolute atomic E-state index is 7.97. The van der Waals surface area contributed by atoms with Crippen LogP contribution in [0.4, 0.5) is 5.69 Å². The van der Waals surface area contributed by atoms with Crippen molar-refractivity contribution in [2.24, 2.45) is 0 Å². The van der Waals surface area contributed by atoms with Crippen molar-refractivity contribution in [3.05, 3.63) is 272 Å². The van der Waals surface area contributed by atoms with Crippen LogP contribution >= 0.6 is 0 Å². The van der Waals surface area contributed by atoms with Crippen molar-refractivity contribution in [2.45, 2.75) is 0 Å². The minimum absolute atomic E-state index is 0.580. The second-order valence-corrected chi connectivity index (χ2v) is 21.2. The van der Waals surface area contributed by atoms with E-state index in [4.69, 9.17) is 21.5 Å². The van der Waals surface area contributed by atoms with Crippen LogP contribution in [-0.2, 0) is 0 Å². The first-order valence-electron chi connectivity index (χ1n) is 23.5. The van der Waals surface area contributed by atoms with Crippen molar-refractivity contribution in [3.8, 4) is 62.1 Å². The van der Waals surface area contributed by atoms with Gasteiger partial charge in [-0.3, -0.25) is 0 Å². The lowest BCUT2D eigenvalue weighted by Gasteiger charge is -2.34. The van der Waals surface area contributed by atoms with Gasteiger partial charge in [0, 0.05) is 33.0 Å². The molecule has 10 aromatic carbocycles. The van der Waals surface area contributed by atoms with Crippen molar-refractivity contribution < 1.29 is 0 Å². The molecule has 0 fully saturated rings. The van der Waals surface area contributed by atoms with Gasteiger partial charge in [0.05, 0.1) is 23.3 Å². The molecular weight excluding hydrogens is 867 g/mol. The molecule has 0 amide bonds. The van der Waals surface area contributed by atoms with E-state index in [1.807, 2.05) is 84.9 Å². The van der Waals surface area contributed by atoms with E-state index >= 15 is 0 Å². The van der Waals surface area contributed by atoms with Crippen molar-refractivity contribution in [1.82, 2.24) is 19.5 Å². The molecule has 0 aliphatic carbocycles. The molecule has 328 valence electrons. The average Bonchev–Trinajstić information content (AvgIpc) is 3.78. The van der Waals surface area contributed by atoms with Gasteiger partial charge in [-0.05, 0) is 61.7 Å². The van der Waals surface area contributed by atoms with E-state index in [9.17, 15) is 0 Å². The number of nitrogens with zero attached hydrogens (tertiary/aromatic N) is 5. The van der Waals surface area contributed by atoms with Crippen molar-refractivity contribution in [1.29, 1.82) is 0 Å². The lowest BCUT2D eigenvalue weighted by Crippen LogP contribution is -2.74. The maximum atomic E-state index is 7.97. The van der Waals surface area contributed by atoms with Gasteiger partial charge in [0.15, 0.2) is 31.2 Å². The molecule has 0 atom stereocenters. The van der Waals surface area contributed by atoms with Gasteiger partial charge in [0.1, 0.15) is 0 Å². The molecule has 12 aromatic rings. The van der Waals surface area contributed by atoms with E-state index in [0.29, 0.717) is 23.2 Å². The summed E-state index contributed by atoms with van der Waals surface area (Å²) in [5, 5.41) is 7.45. The Labute approximate surface area is 408 Å². The molecule has 6 heteroatoms. The van der Waals surface area contributed by atoms with E-state index in [1.54, 1.807) is 0 Å². The zero-order chi connectivity index (χ0) is 46.9. The van der Waals surface area contributed by atoms with Crippen molar-refractivity contribution in [2.75, 3.05) is 0 Å². The Morgan fingerprint density at radius 3 is 1.39 bits per heavy atom. The van der Waals surface area contributed by atoms with Crippen LogP contribution in [0.2, 0.25) is 0 Å². The highest BCUT2D eigenvalue weighted by Gasteiger charge is 2.41. The van der Waals surface area contributed by atoms with Gasteiger partial charge < -0.3 is 4.57 Å². The van der Waals surface area contributed by atoms with E-state index in [0.717, 1.165) is 66.4 Å². The fraction of sp³-hybridized carbons (Fsp3) is 0. The topological polar surface area (TPSA) is 48.0 Å². The first kappa shape index (κ1) is 42.1. The zero-order valence-electron chi connectivity index (χ0n) is 38.1. The SMILES string of the molecule is [C-]#[N+]c1ccccc1-c1ccc2c(c1)c1ccccc1n2-c1cc(-c2nc(-c3ccccc3)nc(-c3ccccc3)n2)ccc1-c1cccc([Si](c2ccccc2)(c2ccccc2)c2ccccc2)c1. The summed E-state index contributed by atoms with van der Waals surface area (Å²) in [5.74, 6) is 1.79. The van der Waals surface area contributed by atoms with Crippen LogP contribution < -0.4 is 20.7 Å². The second-order valence-electron chi connectivity index (χ2n) is 17.4. The van der Waals surface area contributed by atoms with Crippen LogP contribution in [0.3, 0.4) is 0 Å². The molecule has 0 bridgehead atoms. The fourth-order valence-electron chi connectivity index (χ4n) is 10.2. The minimum Gasteiger partial charge on any atom is -0.309 e. The molecule has 0 aliphatic heterocycles. The standard InChI is InChI=1S/C64H43N5Si/c1-65-58-36-19-17-34-54(58)48-39-41-60-57(43-48)56-35-18-20-37-59(56)69(60)61-44-49(64-67-62(45-22-7-2-8-23-45)66-63(68-64)46-24-9-3-10-25-46)38-40-55(61)47-26-21-33-53(42-47)70(50-27-11-4-12-28-50,51-29-13-5-14-30-51)52-31-15-6-16-32-52/h2-44H. The number of hydrogen-bond acceptors (Lipinski definition) is 3. The van der Waals surface area contributed by atoms with E-state index in [1.165, 1.54) is 20.7 Å². The third-order valence-electron chi connectivity index (χ3n) is 13.4. The third kappa shape index (κ3) is 7.39. The van der Waals surface area contributed by atoms with E-state index in [2.05, 4.69) is 185 Å². The number of para-hydroxylation sites is 2. The minimum atomic E-state index is -2.88. The normalized spacial score (nSPS) is 11.4. The van der Waals surface area contributed by atoms with Crippen LogP contribution in [0, 0.1) is 6.57 Å². The first-order chi connectivity index (χ1) is 34.7. The molecule has 2 aromatic heterocycles. The predicted octanol–water partition coefficient (Wildman–Crippen LogP) is 13.2. The highest BCUT2D eigenvalue weighted by Crippen LogP contribution is 2.41. The summed E-state index contributed by atoms with van der Waals surface area (Å²) in [6.07, 6.45) is 0. The average molecular weight is 910 g/mol. The third-order valence-corrected chi connectivity index (χ3v) is 18.2. The number of rotatable bonds is 10. The Bertz CT molecular complexity index is 3730. The molecule has 0 aliphatic rings. The smallest absolute Gasteiger partial charge is 0.194 e. The van der Waals surface area contributed by atoms with Gasteiger partial charge >= 0.3 is 0 Å². The second kappa shape index (κ2) is 18.1. The van der Waals surface area contributed by atoms with Gasteiger partial charge in [-0.15, -0.1) is 0 Å². The summed E-state index contributed by atoms with van der Waals surface area (Å²) >= 11 is 0. The molecule has 0 saturated heterocycles. The van der Waals surface area contributed by atoms with E-state index in [-0.39, 0.29) is 0 Å². The zero-order valence-corrected chi connectivity index (χ0v) is 39.1. The highest BCUT2D eigenvalue weighted by molar-refractivity contribution is 7.19. The van der Waals surface area contributed by atoms with Gasteiger partial charge in [0.25, 0.3) is 0 Å². The van der Waals surface area contributed by atoms with Crippen LogP contribution in [0.5, 0.6) is 0 Å². The van der Waals surface area contributed by atoms with Crippen molar-refractivity contribution in [3.63, 3.8) is 0 Å². The Morgan fingerprint density at radius 1 is 0.329 bits per heavy atom. The molecule has 12 rings (SSSR count). The number of hydrogen-bond donors (Lipinski definition) is 0. The van der Waals surface area contributed by atoms with Gasteiger partial charge in [-0.1, -0.05) is 237 Å². The Hall–Kier alpha value is -9.28. The van der Waals surface area contributed by atoms with Gasteiger partial charge in [-0.25, -0.2) is 19.8 Å². The number of benzene rings is 10. The summed E-state index contributed by atoms with van der Waals surface area (Å²) in [5.41, 5.74) is 10.5. The van der Waals surface area contributed by atoms with Gasteiger partial charge in [-0.2, -0.15) is 0 Å². The predicted molar refractivity (Wildman–Crippen MR) is 291 cm³/mol. The van der Waals surface area contributed by atoms with Crippen LogP contribution in [0.25, 0.3) is 88.8 Å². The summed E-state index contributed by atoms with van der Waals surface area (Å²) in [7, 11) is -2.88. The highest BCUT2D eigenvalue weighted by atomic mass is 28.3. The molecular formula is C64H43N5Si. The summed E-state index contributed by atoms with van der Waals surface area (Å²) in [6, 6.07) is 92.5. The molecule has 0 spiro atoms. The van der Waals surface area contributed by atoms with Crippen LogP contribution in [-0.4, -0.2) is 27.6 Å². The molecule has 0 saturated carbocycles. The largest absolute Gasteiger partial charge is 0.309 e. The number of aromatic nitrogens is 4. The molecule has 0 N–H and O–H groups in total. The van der Waals surface area contributed by atoms with E-state index < -0.39 is 8.07 Å². The first-order valence-corrected chi connectivity index (χ1v) is 25.5. The molecule has 0 unspecified atom stereocenters. The van der Waals surface area contributed by atoms with Gasteiger partial charge in [0.2, 0.25) is 0 Å². The fourth-order valence-corrected chi connectivity index (χ4v) is 15.0. The Morgan fingerprint density at radius 2 is 0.786 bits per heavy atom. The Kier molecular flexibility index (Phi) is 10.9. The van der Waals surface area contributed by atoms with Crippen LogP contribution in [0.15, 0.2) is 261 Å². The van der Waals surface area contributed by atoms with Crippen LogP contribution in [0.1, 0.15) is 0 Å². The molecule has 0 radical (unpaired) electrons. The molecule has 2 heterocycles. The summed E-state index contributed by atoms with van der Waals surface area (Å²) in [4.78, 5) is 19.3. The Balaban J connectivity index is 1.14. The molecule has 5 nitrogen and oxygen atoms in total. The lowest BCUT2D eigenvalue weighted by atomic mass is 10.00. The quantitative estimate of drug-likeness (QED) is 0.0780. The monoisotopic (exact) mass is 909 g/mol. The maximum Gasteiger partial charge on any atom is 0.194 e. The number of fused-ring (bicyclic) bond motifs is 3. The van der Waals surface area contributed by atoms with Crippen molar-refractivity contribution >= 4 is 56.3 Å². The summed E-state index contributed by atoms with van der Waals surface area (Å²) in [6.45, 7) is 7.97.